The number of carbonyl (C=O) groups excluding carboxylic acids is 1. The van der Waals surface area contributed by atoms with Crippen molar-refractivity contribution in [2.75, 3.05) is 32.6 Å². The highest BCUT2D eigenvalue weighted by Gasteiger charge is 2.38. The molecule has 3 rings (SSSR count). The number of halogens is 3. The molecule has 0 spiro atoms. The second kappa shape index (κ2) is 13.1. The Hall–Kier alpha value is -3.76. The molecular weight excluding hydrogens is 529 g/mol. The van der Waals surface area contributed by atoms with Crippen molar-refractivity contribution in [2.24, 2.45) is 5.41 Å². The minimum Gasteiger partial charge on any atom is -0.475 e. The van der Waals surface area contributed by atoms with Gasteiger partial charge in [0.25, 0.3) is 5.91 Å². The van der Waals surface area contributed by atoms with Gasteiger partial charge in [0.15, 0.2) is 5.82 Å². The van der Waals surface area contributed by atoms with Crippen LogP contribution >= 0.6 is 0 Å². The Morgan fingerprint density at radius 1 is 1.27 bits per heavy atom. The summed E-state index contributed by atoms with van der Waals surface area (Å²) in [5, 5.41) is 19.0. The summed E-state index contributed by atoms with van der Waals surface area (Å²) < 4.78 is 37.9. The van der Waals surface area contributed by atoms with Gasteiger partial charge in [-0.2, -0.15) is 18.4 Å². The number of carboxylic acid groups (broad SMARTS) is 1. The fourth-order valence-corrected chi connectivity index (χ4v) is 3.66. The quantitative estimate of drug-likeness (QED) is 0.408. The number of nitriles is 1. The number of likely N-dealkylation sites (N-methyl/N-ethyl adjacent to an activating group) is 1. The highest BCUT2D eigenvalue weighted by atomic mass is 19.4. The fraction of sp³-hybridized carbons (Fsp3) is 0.519. The van der Waals surface area contributed by atoms with E-state index in [0.717, 1.165) is 42.8 Å². The van der Waals surface area contributed by atoms with Gasteiger partial charge in [0.1, 0.15) is 17.4 Å². The summed E-state index contributed by atoms with van der Waals surface area (Å²) in [5.41, 5.74) is 3.22. The van der Waals surface area contributed by atoms with Gasteiger partial charge >= 0.3 is 12.1 Å². The zero-order chi connectivity index (χ0) is 30.3. The number of amides is 1. The minimum atomic E-state index is -5.08. The first-order valence-corrected chi connectivity index (χ1v) is 12.5. The second-order valence-corrected chi connectivity index (χ2v) is 10.9. The molecule has 0 radical (unpaired) electrons. The minimum absolute atomic E-state index is 0.0904. The van der Waals surface area contributed by atoms with Crippen LogP contribution in [0.4, 0.5) is 18.9 Å². The van der Waals surface area contributed by atoms with Gasteiger partial charge in [-0.15, -0.1) is 0 Å². The number of alkyl halides is 3. The van der Waals surface area contributed by atoms with E-state index in [2.05, 4.69) is 40.1 Å². The van der Waals surface area contributed by atoms with Crippen molar-refractivity contribution < 1.29 is 32.6 Å². The summed E-state index contributed by atoms with van der Waals surface area (Å²) in [4.78, 5) is 35.4. The molecule has 0 atom stereocenters. The number of aromatic amines is 1. The van der Waals surface area contributed by atoms with Gasteiger partial charge in [0, 0.05) is 6.54 Å². The number of anilines is 1. The van der Waals surface area contributed by atoms with E-state index in [1.807, 2.05) is 46.1 Å². The third kappa shape index (κ3) is 9.46. The molecule has 40 heavy (non-hydrogen) atoms. The molecule has 0 saturated carbocycles. The van der Waals surface area contributed by atoms with E-state index in [1.54, 1.807) is 0 Å². The number of carboxylic acids is 1. The summed E-state index contributed by atoms with van der Waals surface area (Å²) >= 11 is 0. The van der Waals surface area contributed by atoms with Gasteiger partial charge in [-0.25, -0.2) is 14.8 Å². The molecule has 2 aromatic heterocycles. The van der Waals surface area contributed by atoms with Crippen molar-refractivity contribution in [3.05, 3.63) is 47.3 Å². The maximum Gasteiger partial charge on any atom is 0.490 e. The van der Waals surface area contributed by atoms with Crippen molar-refractivity contribution in [3.8, 4) is 6.07 Å². The van der Waals surface area contributed by atoms with E-state index >= 15 is 0 Å². The summed E-state index contributed by atoms with van der Waals surface area (Å²) in [5.74, 6) is -3.08. The first-order chi connectivity index (χ1) is 18.4. The van der Waals surface area contributed by atoms with Crippen LogP contribution in [0.5, 0.6) is 0 Å². The third-order valence-electron chi connectivity index (χ3n) is 6.19. The largest absolute Gasteiger partial charge is 0.490 e. The number of allylic oxidation sites excluding steroid dienone is 2. The number of hydrogen-bond donors (Lipinski definition) is 3. The molecule has 0 unspecified atom stereocenters. The monoisotopic (exact) mass is 564 g/mol. The predicted molar refractivity (Wildman–Crippen MR) is 142 cm³/mol. The second-order valence-electron chi connectivity index (χ2n) is 10.9. The lowest BCUT2D eigenvalue weighted by molar-refractivity contribution is -0.192. The molecule has 2 aromatic rings. The van der Waals surface area contributed by atoms with Crippen LogP contribution in [0.15, 0.2) is 24.4 Å². The summed E-state index contributed by atoms with van der Waals surface area (Å²) in [6.45, 7) is 9.95. The molecule has 1 amide bonds. The molecule has 1 aliphatic carbocycles. The first kappa shape index (κ1) is 32.5. The lowest BCUT2D eigenvalue weighted by Gasteiger charge is -2.30. The topological polar surface area (TPSA) is 144 Å². The highest BCUT2D eigenvalue weighted by Crippen LogP contribution is 2.40. The lowest BCUT2D eigenvalue weighted by Crippen LogP contribution is -2.28. The number of H-pyrrole nitrogens is 1. The van der Waals surface area contributed by atoms with Gasteiger partial charge < -0.3 is 25.0 Å². The van der Waals surface area contributed by atoms with Gasteiger partial charge in [0.05, 0.1) is 29.9 Å². The standard InChI is InChI=1S/C25H34N6O2.C2HF3O2/c1-24(2)11-9-17(10-12-24)21-19(29-23(32)22-27-16-18(15-26)28-22)7-8-20(30-21)25(3,4)33-14-13-31(5)6;3-2(4,5)1(6)7/h7-9,16H,10-14H2,1-6H3,(H,27,28)(H,29,32);(H,6,7). The molecule has 13 heteroatoms. The lowest BCUT2D eigenvalue weighted by atomic mass is 9.77. The number of pyridine rings is 1. The maximum absolute atomic E-state index is 12.8. The van der Waals surface area contributed by atoms with E-state index in [1.165, 1.54) is 6.20 Å². The van der Waals surface area contributed by atoms with Crippen LogP contribution in [0.2, 0.25) is 0 Å². The number of carbonyl (C=O) groups is 2. The summed E-state index contributed by atoms with van der Waals surface area (Å²) in [6, 6.07) is 5.72. The van der Waals surface area contributed by atoms with Crippen LogP contribution in [0, 0.1) is 16.7 Å². The normalized spacial score (nSPS) is 15.0. The number of hydrogen-bond acceptors (Lipinski definition) is 7. The number of nitrogens with one attached hydrogen (secondary N) is 2. The zero-order valence-electron chi connectivity index (χ0n) is 23.4. The number of aliphatic carboxylic acids is 1. The molecule has 218 valence electrons. The van der Waals surface area contributed by atoms with Gasteiger partial charge in [0.2, 0.25) is 0 Å². The Kier molecular flexibility index (Phi) is 10.6. The number of imidazole rings is 1. The molecule has 0 bridgehead atoms. The smallest absolute Gasteiger partial charge is 0.475 e. The van der Waals surface area contributed by atoms with Crippen LogP contribution < -0.4 is 5.32 Å². The molecule has 0 fully saturated rings. The molecule has 0 aliphatic heterocycles. The fourth-order valence-electron chi connectivity index (χ4n) is 3.66. The molecule has 3 N–H and O–H groups in total. The molecule has 0 saturated heterocycles. The van der Waals surface area contributed by atoms with E-state index in [9.17, 15) is 18.0 Å². The number of nitrogens with zero attached hydrogens (tertiary/aromatic N) is 4. The van der Waals surface area contributed by atoms with Crippen LogP contribution in [0.25, 0.3) is 5.57 Å². The van der Waals surface area contributed by atoms with E-state index in [0.29, 0.717) is 12.3 Å². The predicted octanol–water partition coefficient (Wildman–Crippen LogP) is 4.97. The Morgan fingerprint density at radius 2 is 1.93 bits per heavy atom. The summed E-state index contributed by atoms with van der Waals surface area (Å²) in [7, 11) is 4.03. The van der Waals surface area contributed by atoms with Gasteiger partial charge in [-0.1, -0.05) is 19.9 Å². The molecular formula is C27H35F3N6O4. The maximum atomic E-state index is 12.8. The highest BCUT2D eigenvalue weighted by molar-refractivity contribution is 6.03. The molecule has 1 aliphatic rings. The van der Waals surface area contributed by atoms with Gasteiger partial charge in [-0.05, 0) is 70.3 Å². The van der Waals surface area contributed by atoms with Crippen molar-refractivity contribution in [3.63, 3.8) is 0 Å². The Morgan fingerprint density at radius 3 is 2.42 bits per heavy atom. The number of ether oxygens (including phenoxy) is 1. The van der Waals surface area contributed by atoms with Crippen LogP contribution in [-0.2, 0) is 15.1 Å². The third-order valence-corrected chi connectivity index (χ3v) is 6.19. The van der Waals surface area contributed by atoms with E-state index in [-0.39, 0.29) is 16.9 Å². The number of rotatable bonds is 8. The van der Waals surface area contributed by atoms with Crippen molar-refractivity contribution >= 4 is 23.1 Å². The van der Waals surface area contributed by atoms with Crippen molar-refractivity contribution in [1.29, 1.82) is 5.26 Å². The van der Waals surface area contributed by atoms with Crippen LogP contribution in [0.3, 0.4) is 0 Å². The first-order valence-electron chi connectivity index (χ1n) is 12.5. The van der Waals surface area contributed by atoms with E-state index < -0.39 is 23.7 Å². The average Bonchev–Trinajstić information content (AvgIpc) is 3.33. The average molecular weight is 565 g/mol. The molecule has 10 nitrogen and oxygen atoms in total. The zero-order valence-corrected chi connectivity index (χ0v) is 23.4. The van der Waals surface area contributed by atoms with Gasteiger partial charge in [-0.3, -0.25) is 4.79 Å². The van der Waals surface area contributed by atoms with Crippen molar-refractivity contribution in [2.45, 2.75) is 58.7 Å². The van der Waals surface area contributed by atoms with E-state index in [4.69, 9.17) is 24.9 Å². The Bertz CT molecular complexity index is 1280. The Labute approximate surface area is 231 Å². The van der Waals surface area contributed by atoms with Crippen LogP contribution in [0.1, 0.15) is 74.7 Å². The summed E-state index contributed by atoms with van der Waals surface area (Å²) in [6.07, 6.45) is 1.37. The number of aromatic nitrogens is 3. The SMILES string of the molecule is CN(C)CCOC(C)(C)c1ccc(NC(=O)c2ncc(C#N)[nH]2)c(C2=CCC(C)(C)CC2)n1.O=C(O)C(F)(F)F. The van der Waals surface area contributed by atoms with Crippen molar-refractivity contribution in [1.82, 2.24) is 19.9 Å². The Balaban J connectivity index is 0.000000708. The molecule has 2 heterocycles. The molecule has 0 aromatic carbocycles. The van der Waals surface area contributed by atoms with Crippen LogP contribution in [-0.4, -0.2) is 70.3 Å².